The highest BCUT2D eigenvalue weighted by Crippen LogP contribution is 2.49. The first-order chi connectivity index (χ1) is 13.0. The van der Waals surface area contributed by atoms with E-state index in [4.69, 9.17) is 0 Å². The van der Waals surface area contributed by atoms with Crippen LogP contribution in [0.2, 0.25) is 0 Å². The van der Waals surface area contributed by atoms with Crippen LogP contribution in [0.4, 0.5) is 23.4 Å². The highest BCUT2D eigenvalue weighted by Gasteiger charge is 2.46. The Morgan fingerprint density at radius 3 is 2.39 bits per heavy atom. The fourth-order valence-electron chi connectivity index (χ4n) is 3.18. The quantitative estimate of drug-likeness (QED) is 0.657. The third-order valence-electron chi connectivity index (χ3n) is 4.96. The number of hydrogen-bond acceptors (Lipinski definition) is 4. The van der Waals surface area contributed by atoms with E-state index in [1.807, 2.05) is 26.8 Å². The molecule has 1 aliphatic rings. The van der Waals surface area contributed by atoms with E-state index < -0.39 is 23.1 Å². The van der Waals surface area contributed by atoms with E-state index in [1.165, 1.54) is 16.9 Å². The van der Waals surface area contributed by atoms with Crippen molar-refractivity contribution in [2.75, 3.05) is 5.32 Å². The summed E-state index contributed by atoms with van der Waals surface area (Å²) in [5.41, 5.74) is -0.864. The van der Waals surface area contributed by atoms with Gasteiger partial charge in [-0.2, -0.15) is 27.8 Å². The second kappa shape index (κ2) is 5.89. The van der Waals surface area contributed by atoms with Crippen LogP contribution in [0.25, 0.3) is 5.78 Å². The summed E-state index contributed by atoms with van der Waals surface area (Å²) >= 11 is 0. The molecule has 1 fully saturated rings. The molecular formula is C19H19F4N5. The third-order valence-corrected chi connectivity index (χ3v) is 4.96. The van der Waals surface area contributed by atoms with E-state index in [0.29, 0.717) is 30.0 Å². The van der Waals surface area contributed by atoms with Crippen molar-refractivity contribution in [3.63, 3.8) is 0 Å². The Labute approximate surface area is 158 Å². The summed E-state index contributed by atoms with van der Waals surface area (Å²) in [6.45, 7) is 6.05. The first-order valence-corrected chi connectivity index (χ1v) is 8.86. The van der Waals surface area contributed by atoms with Gasteiger partial charge in [0.1, 0.15) is 18.0 Å². The fraction of sp³-hybridized carbons (Fsp3) is 0.421. The zero-order chi connectivity index (χ0) is 20.3. The molecule has 1 aliphatic carbocycles. The predicted molar refractivity (Wildman–Crippen MR) is 95.4 cm³/mol. The number of nitrogens with zero attached hydrogens (tertiary/aromatic N) is 4. The third kappa shape index (κ3) is 3.18. The zero-order valence-electron chi connectivity index (χ0n) is 15.6. The Morgan fingerprint density at radius 1 is 1.11 bits per heavy atom. The van der Waals surface area contributed by atoms with Crippen LogP contribution in [0.5, 0.6) is 0 Å². The van der Waals surface area contributed by atoms with E-state index in [1.54, 1.807) is 0 Å². The van der Waals surface area contributed by atoms with Crippen molar-refractivity contribution < 1.29 is 17.6 Å². The van der Waals surface area contributed by atoms with Crippen molar-refractivity contribution in [2.45, 2.75) is 50.7 Å². The van der Waals surface area contributed by atoms with Crippen molar-refractivity contribution in [3.05, 3.63) is 53.2 Å². The fourth-order valence-corrected chi connectivity index (χ4v) is 3.18. The Morgan fingerprint density at radius 2 is 1.82 bits per heavy atom. The molecule has 2 aromatic heterocycles. The molecule has 0 spiro atoms. The molecule has 2 heterocycles. The van der Waals surface area contributed by atoms with Gasteiger partial charge in [-0.1, -0.05) is 26.8 Å². The lowest BCUT2D eigenvalue weighted by atomic mass is 9.92. The van der Waals surface area contributed by atoms with Crippen LogP contribution in [-0.2, 0) is 17.1 Å². The van der Waals surface area contributed by atoms with Gasteiger partial charge < -0.3 is 5.32 Å². The summed E-state index contributed by atoms with van der Waals surface area (Å²) in [6, 6.07) is 4.94. The topological polar surface area (TPSA) is 55.1 Å². The lowest BCUT2D eigenvalue weighted by molar-refractivity contribution is -0.140. The Kier molecular flexibility index (Phi) is 3.92. The van der Waals surface area contributed by atoms with Crippen molar-refractivity contribution >= 4 is 11.6 Å². The van der Waals surface area contributed by atoms with Gasteiger partial charge in [0, 0.05) is 11.5 Å². The maximum absolute atomic E-state index is 14.1. The van der Waals surface area contributed by atoms with Crippen LogP contribution in [0.1, 0.15) is 50.4 Å². The lowest BCUT2D eigenvalue weighted by Gasteiger charge is -2.23. The van der Waals surface area contributed by atoms with Crippen molar-refractivity contribution in [1.29, 1.82) is 0 Å². The van der Waals surface area contributed by atoms with Gasteiger partial charge in [0.05, 0.1) is 16.8 Å². The summed E-state index contributed by atoms with van der Waals surface area (Å²) in [7, 11) is 0. The average molecular weight is 393 g/mol. The Bertz CT molecular complexity index is 1040. The standard InChI is InChI=1S/C19H19F4N5/c1-17(2,3)14-9-15(28-16(26-14)24-10-25-28)27-18(6-7-18)11-4-5-12(13(20)8-11)19(21,22)23/h4-5,8-10,27H,6-7H2,1-3H3. The lowest BCUT2D eigenvalue weighted by Crippen LogP contribution is -2.23. The largest absolute Gasteiger partial charge is 0.419 e. The van der Waals surface area contributed by atoms with Gasteiger partial charge >= 0.3 is 6.18 Å². The van der Waals surface area contributed by atoms with E-state index >= 15 is 0 Å². The Hall–Kier alpha value is -2.71. The molecule has 28 heavy (non-hydrogen) atoms. The highest BCUT2D eigenvalue weighted by atomic mass is 19.4. The normalized spacial score (nSPS) is 16.4. The second-order valence-electron chi connectivity index (χ2n) is 8.15. The summed E-state index contributed by atoms with van der Waals surface area (Å²) in [4.78, 5) is 8.65. The first-order valence-electron chi connectivity index (χ1n) is 8.86. The summed E-state index contributed by atoms with van der Waals surface area (Å²) < 4.78 is 54.2. The molecule has 0 bridgehead atoms. The van der Waals surface area contributed by atoms with E-state index in [0.717, 1.165) is 17.8 Å². The van der Waals surface area contributed by atoms with Gasteiger partial charge in [-0.25, -0.2) is 9.37 Å². The molecule has 5 nitrogen and oxygen atoms in total. The van der Waals surface area contributed by atoms with Gasteiger partial charge in [0.2, 0.25) is 0 Å². The highest BCUT2D eigenvalue weighted by molar-refractivity contribution is 5.52. The van der Waals surface area contributed by atoms with Crippen molar-refractivity contribution in [1.82, 2.24) is 19.6 Å². The molecule has 1 saturated carbocycles. The van der Waals surface area contributed by atoms with Crippen LogP contribution in [0.3, 0.4) is 0 Å². The van der Waals surface area contributed by atoms with Gasteiger partial charge in [0.25, 0.3) is 5.78 Å². The number of alkyl halides is 3. The van der Waals surface area contributed by atoms with Crippen LogP contribution < -0.4 is 5.32 Å². The molecule has 0 atom stereocenters. The minimum Gasteiger partial charge on any atom is -0.360 e. The number of fused-ring (bicyclic) bond motifs is 1. The van der Waals surface area contributed by atoms with Crippen molar-refractivity contribution in [3.8, 4) is 0 Å². The zero-order valence-corrected chi connectivity index (χ0v) is 15.6. The van der Waals surface area contributed by atoms with Gasteiger partial charge in [-0.05, 0) is 30.5 Å². The van der Waals surface area contributed by atoms with Crippen LogP contribution in [0.15, 0.2) is 30.6 Å². The summed E-state index contributed by atoms with van der Waals surface area (Å²) in [6.07, 6.45) is -1.99. The number of benzene rings is 1. The van der Waals surface area contributed by atoms with Crippen LogP contribution >= 0.6 is 0 Å². The molecule has 0 radical (unpaired) electrons. The van der Waals surface area contributed by atoms with Gasteiger partial charge in [-0.3, -0.25) is 0 Å². The number of nitrogens with one attached hydrogen (secondary N) is 1. The molecule has 3 aromatic rings. The predicted octanol–water partition coefficient (Wildman–Crippen LogP) is 4.68. The average Bonchev–Trinajstić information content (AvgIpc) is 3.19. The molecule has 0 aliphatic heterocycles. The van der Waals surface area contributed by atoms with Gasteiger partial charge in [0.15, 0.2) is 0 Å². The Balaban J connectivity index is 1.73. The molecular weight excluding hydrogens is 374 g/mol. The number of aromatic nitrogens is 4. The number of hydrogen-bond donors (Lipinski definition) is 1. The smallest absolute Gasteiger partial charge is 0.360 e. The minimum atomic E-state index is -4.72. The first kappa shape index (κ1) is 18.6. The number of halogens is 4. The maximum atomic E-state index is 14.1. The second-order valence-corrected chi connectivity index (χ2v) is 8.15. The molecule has 1 N–H and O–H groups in total. The number of rotatable bonds is 3. The van der Waals surface area contributed by atoms with E-state index in [9.17, 15) is 17.6 Å². The molecule has 148 valence electrons. The monoisotopic (exact) mass is 393 g/mol. The number of anilines is 1. The molecule has 9 heteroatoms. The van der Waals surface area contributed by atoms with E-state index in [-0.39, 0.29) is 5.41 Å². The van der Waals surface area contributed by atoms with Crippen LogP contribution in [-0.4, -0.2) is 19.6 Å². The molecule has 0 saturated heterocycles. The summed E-state index contributed by atoms with van der Waals surface area (Å²) in [5.74, 6) is -0.233. The molecule has 0 amide bonds. The SMILES string of the molecule is CC(C)(C)c1cc(NC2(c3ccc(C(F)(F)F)c(F)c3)CC2)n2ncnc2n1. The minimum absolute atomic E-state index is 0.235. The van der Waals surface area contributed by atoms with Crippen LogP contribution in [0, 0.1) is 5.82 Å². The van der Waals surface area contributed by atoms with Gasteiger partial charge in [-0.15, -0.1) is 0 Å². The van der Waals surface area contributed by atoms with Crippen molar-refractivity contribution in [2.24, 2.45) is 0 Å². The van der Waals surface area contributed by atoms with E-state index in [2.05, 4.69) is 20.4 Å². The molecule has 1 aromatic carbocycles. The molecule has 0 unspecified atom stereocenters. The summed E-state index contributed by atoms with van der Waals surface area (Å²) in [5, 5.41) is 7.51. The molecule has 4 rings (SSSR count). The maximum Gasteiger partial charge on any atom is 0.419 e.